The number of piperidine rings is 1. The average Bonchev–Trinajstić information content (AvgIpc) is 2.78. The van der Waals surface area contributed by atoms with Crippen molar-refractivity contribution < 1.29 is 19.1 Å². The molecule has 1 aromatic carbocycles. The summed E-state index contributed by atoms with van der Waals surface area (Å²) in [5.74, 6) is 2.58. The molecule has 0 unspecified atom stereocenters. The van der Waals surface area contributed by atoms with E-state index in [1.807, 2.05) is 0 Å². The molecule has 0 aromatic heterocycles. The Bertz CT molecular complexity index is 937. The van der Waals surface area contributed by atoms with Crippen LogP contribution >= 0.6 is 0 Å². The molecule has 3 fully saturated rings. The van der Waals surface area contributed by atoms with Gasteiger partial charge in [-0.25, -0.2) is 4.79 Å². The van der Waals surface area contributed by atoms with Gasteiger partial charge in [-0.3, -0.25) is 4.79 Å². The van der Waals surface area contributed by atoms with E-state index in [4.69, 9.17) is 9.47 Å². The van der Waals surface area contributed by atoms with Crippen LogP contribution in [0, 0.1) is 23.2 Å². The number of ether oxygens (including phenoxy) is 2. The SMILES string of the molecule is COc1ccc(C(=O)O[C@H]2CC[C@@]3(C)C(=CC[C@@H]4[C@@H]3CC[C@]3(C)NC(=O)CC[C@@H]43)C2)cc1. The fourth-order valence-electron chi connectivity index (χ4n) is 7.35. The highest BCUT2D eigenvalue weighted by atomic mass is 16.5. The molecule has 6 atom stereocenters. The van der Waals surface area contributed by atoms with Gasteiger partial charge in [-0.05, 0) is 92.9 Å². The normalized spacial score (nSPS) is 38.3. The number of methoxy groups -OCH3 is 1. The van der Waals surface area contributed by atoms with E-state index in [9.17, 15) is 9.59 Å². The zero-order valence-corrected chi connectivity index (χ0v) is 19.5. The second kappa shape index (κ2) is 7.93. The van der Waals surface area contributed by atoms with Crippen molar-refractivity contribution in [2.75, 3.05) is 7.11 Å². The molecule has 1 amide bonds. The summed E-state index contributed by atoms with van der Waals surface area (Å²) in [6.45, 7) is 4.71. The van der Waals surface area contributed by atoms with Crippen LogP contribution in [0.3, 0.4) is 0 Å². The third-order valence-corrected chi connectivity index (χ3v) is 9.16. The Morgan fingerprint density at radius 3 is 2.59 bits per heavy atom. The van der Waals surface area contributed by atoms with Crippen molar-refractivity contribution in [3.05, 3.63) is 41.5 Å². The minimum Gasteiger partial charge on any atom is -0.497 e. The van der Waals surface area contributed by atoms with Crippen LogP contribution in [0.4, 0.5) is 0 Å². The molecule has 32 heavy (non-hydrogen) atoms. The summed E-state index contributed by atoms with van der Waals surface area (Å²) in [5, 5.41) is 3.34. The number of allylic oxidation sites excluding steroid dienone is 1. The van der Waals surface area contributed by atoms with Crippen molar-refractivity contribution in [2.24, 2.45) is 23.2 Å². The molecule has 4 aliphatic rings. The van der Waals surface area contributed by atoms with Gasteiger partial charge >= 0.3 is 5.97 Å². The van der Waals surface area contributed by atoms with E-state index in [-0.39, 0.29) is 28.9 Å². The van der Waals surface area contributed by atoms with Gasteiger partial charge < -0.3 is 14.8 Å². The molecule has 1 heterocycles. The van der Waals surface area contributed by atoms with Gasteiger partial charge in [-0.15, -0.1) is 0 Å². The summed E-state index contributed by atoms with van der Waals surface area (Å²) in [4.78, 5) is 24.7. The van der Waals surface area contributed by atoms with Gasteiger partial charge in [-0.2, -0.15) is 0 Å². The number of rotatable bonds is 3. The lowest BCUT2D eigenvalue weighted by Crippen LogP contribution is -2.62. The molecule has 5 nitrogen and oxygen atoms in total. The monoisotopic (exact) mass is 437 g/mol. The van der Waals surface area contributed by atoms with E-state index in [0.29, 0.717) is 29.7 Å². The number of nitrogens with one attached hydrogen (secondary N) is 1. The van der Waals surface area contributed by atoms with Crippen molar-refractivity contribution in [1.82, 2.24) is 5.32 Å². The van der Waals surface area contributed by atoms with Gasteiger partial charge in [-0.1, -0.05) is 18.6 Å². The molecule has 3 aliphatic carbocycles. The van der Waals surface area contributed by atoms with Crippen LogP contribution in [-0.2, 0) is 9.53 Å². The minimum atomic E-state index is -0.248. The predicted octanol–water partition coefficient (Wildman–Crippen LogP) is 5.05. The highest BCUT2D eigenvalue weighted by Crippen LogP contribution is 2.60. The summed E-state index contributed by atoms with van der Waals surface area (Å²) < 4.78 is 11.1. The molecular formula is C27H35NO4. The Hall–Kier alpha value is -2.30. The molecule has 5 rings (SSSR count). The van der Waals surface area contributed by atoms with Crippen molar-refractivity contribution in [3.8, 4) is 5.75 Å². The maximum atomic E-state index is 12.7. The van der Waals surface area contributed by atoms with E-state index < -0.39 is 0 Å². The van der Waals surface area contributed by atoms with Gasteiger partial charge in [0.25, 0.3) is 0 Å². The third-order valence-electron chi connectivity index (χ3n) is 9.16. The van der Waals surface area contributed by atoms with Crippen LogP contribution in [0.5, 0.6) is 5.75 Å². The maximum Gasteiger partial charge on any atom is 0.338 e. The Morgan fingerprint density at radius 1 is 1.06 bits per heavy atom. The van der Waals surface area contributed by atoms with Gasteiger partial charge in [0, 0.05) is 18.4 Å². The Morgan fingerprint density at radius 2 is 1.84 bits per heavy atom. The van der Waals surface area contributed by atoms with Crippen molar-refractivity contribution in [1.29, 1.82) is 0 Å². The van der Waals surface area contributed by atoms with E-state index in [1.165, 1.54) is 12.0 Å². The van der Waals surface area contributed by atoms with Crippen LogP contribution < -0.4 is 10.1 Å². The molecule has 2 saturated carbocycles. The van der Waals surface area contributed by atoms with Gasteiger partial charge in [0.2, 0.25) is 5.91 Å². The topological polar surface area (TPSA) is 64.6 Å². The first kappa shape index (κ1) is 21.5. The van der Waals surface area contributed by atoms with Gasteiger partial charge in [0.1, 0.15) is 11.9 Å². The standard InChI is InChI=1S/C27H35NO4/c1-26-14-12-20(32-25(30)17-4-7-19(31-3)8-5-17)16-18(26)6-9-21-22(26)13-15-27(2)23(21)10-11-24(29)28-27/h4-8,20-23H,9-16H2,1-3H3,(H,28,29)/t20-,21+,22-,23-,26-,27-/m0/s1. The molecule has 1 N–H and O–H groups in total. The third kappa shape index (κ3) is 3.54. The Balaban J connectivity index is 1.29. The number of esters is 1. The molecule has 172 valence electrons. The van der Waals surface area contributed by atoms with Crippen molar-refractivity contribution in [2.45, 2.75) is 76.9 Å². The molecule has 0 bridgehead atoms. The fourth-order valence-corrected chi connectivity index (χ4v) is 7.35. The number of fused-ring (bicyclic) bond motifs is 5. The first-order valence-corrected chi connectivity index (χ1v) is 12.2. The van der Waals surface area contributed by atoms with Crippen molar-refractivity contribution >= 4 is 11.9 Å². The molecule has 1 aromatic rings. The number of hydrogen-bond donors (Lipinski definition) is 1. The first-order chi connectivity index (χ1) is 15.3. The summed E-state index contributed by atoms with van der Waals surface area (Å²) in [7, 11) is 1.62. The quantitative estimate of drug-likeness (QED) is 0.531. The largest absolute Gasteiger partial charge is 0.497 e. The molecular weight excluding hydrogens is 402 g/mol. The Labute approximate surface area is 190 Å². The van der Waals surface area contributed by atoms with E-state index in [1.54, 1.807) is 31.4 Å². The highest BCUT2D eigenvalue weighted by Gasteiger charge is 2.56. The van der Waals surface area contributed by atoms with E-state index in [2.05, 4.69) is 25.2 Å². The molecule has 1 aliphatic heterocycles. The summed E-state index contributed by atoms with van der Waals surface area (Å²) in [5.41, 5.74) is 2.21. The molecule has 0 radical (unpaired) electrons. The smallest absolute Gasteiger partial charge is 0.338 e. The summed E-state index contributed by atoms with van der Waals surface area (Å²) >= 11 is 0. The van der Waals surface area contributed by atoms with Crippen LogP contribution in [0.2, 0.25) is 0 Å². The molecule has 0 spiro atoms. The lowest BCUT2D eigenvalue weighted by Gasteiger charge is -2.59. The van der Waals surface area contributed by atoms with Crippen LogP contribution in [0.1, 0.15) is 75.6 Å². The second-order valence-corrected chi connectivity index (χ2v) is 10.8. The summed E-state index contributed by atoms with van der Waals surface area (Å²) in [6.07, 6.45) is 10.2. The number of carbonyl (C=O) groups is 2. The number of carbonyl (C=O) groups excluding carboxylic acids is 2. The zero-order chi connectivity index (χ0) is 22.5. The van der Waals surface area contributed by atoms with Gasteiger partial charge in [0.15, 0.2) is 0 Å². The maximum absolute atomic E-state index is 12.7. The second-order valence-electron chi connectivity index (χ2n) is 10.8. The minimum absolute atomic E-state index is 0.0384. The van der Waals surface area contributed by atoms with Crippen LogP contribution in [0.25, 0.3) is 0 Å². The number of amides is 1. The van der Waals surface area contributed by atoms with E-state index >= 15 is 0 Å². The number of hydrogen-bond acceptors (Lipinski definition) is 4. The van der Waals surface area contributed by atoms with Crippen LogP contribution in [-0.4, -0.2) is 30.6 Å². The lowest BCUT2D eigenvalue weighted by atomic mass is 9.48. The first-order valence-electron chi connectivity index (χ1n) is 12.2. The zero-order valence-electron chi connectivity index (χ0n) is 19.5. The average molecular weight is 438 g/mol. The van der Waals surface area contributed by atoms with Crippen molar-refractivity contribution in [3.63, 3.8) is 0 Å². The lowest BCUT2D eigenvalue weighted by molar-refractivity contribution is -0.131. The van der Waals surface area contributed by atoms with Crippen LogP contribution in [0.15, 0.2) is 35.9 Å². The predicted molar refractivity (Wildman–Crippen MR) is 122 cm³/mol. The highest BCUT2D eigenvalue weighted by molar-refractivity contribution is 5.89. The number of benzene rings is 1. The summed E-state index contributed by atoms with van der Waals surface area (Å²) in [6, 6.07) is 7.12. The molecule has 5 heteroatoms. The van der Waals surface area contributed by atoms with Gasteiger partial charge in [0.05, 0.1) is 12.7 Å². The van der Waals surface area contributed by atoms with E-state index in [0.717, 1.165) is 44.3 Å². The fraction of sp³-hybridized carbons (Fsp3) is 0.630. The Kier molecular flexibility index (Phi) is 5.34. The molecule has 1 saturated heterocycles.